The minimum atomic E-state index is 0.798. The van der Waals surface area contributed by atoms with E-state index >= 15 is 0 Å². The molecule has 2 rings (SSSR count). The van der Waals surface area contributed by atoms with Crippen LogP contribution < -0.4 is 5.32 Å². The first-order chi connectivity index (χ1) is 8.33. The molecule has 1 saturated carbocycles. The lowest BCUT2D eigenvalue weighted by Gasteiger charge is -2.34. The standard InChI is InChI=1S/C14H29N3/c1-3-16-9-11-17(12-10-16)8-7-13-5-4-6-14(13)15-2/h13-15H,3-12H2,1-2H3. The van der Waals surface area contributed by atoms with Gasteiger partial charge in [0.15, 0.2) is 0 Å². The van der Waals surface area contributed by atoms with Gasteiger partial charge >= 0.3 is 0 Å². The molecule has 2 aliphatic rings. The van der Waals surface area contributed by atoms with Crippen molar-refractivity contribution in [2.24, 2.45) is 5.92 Å². The van der Waals surface area contributed by atoms with Crippen LogP contribution in [0, 0.1) is 5.92 Å². The summed E-state index contributed by atoms with van der Waals surface area (Å²) in [7, 11) is 2.13. The van der Waals surface area contributed by atoms with Crippen LogP contribution in [0.1, 0.15) is 32.6 Å². The second-order valence-corrected chi connectivity index (χ2v) is 5.65. The van der Waals surface area contributed by atoms with Crippen LogP contribution in [-0.2, 0) is 0 Å². The van der Waals surface area contributed by atoms with Gasteiger partial charge in [0.25, 0.3) is 0 Å². The molecular weight excluding hydrogens is 210 g/mol. The molecule has 17 heavy (non-hydrogen) atoms. The van der Waals surface area contributed by atoms with Crippen molar-refractivity contribution in [1.82, 2.24) is 15.1 Å². The van der Waals surface area contributed by atoms with Crippen LogP contribution in [0.2, 0.25) is 0 Å². The SMILES string of the molecule is CCN1CCN(CCC2CCCC2NC)CC1. The van der Waals surface area contributed by atoms with Crippen LogP contribution in [0.25, 0.3) is 0 Å². The maximum absolute atomic E-state index is 3.49. The molecule has 2 atom stereocenters. The van der Waals surface area contributed by atoms with E-state index < -0.39 is 0 Å². The number of rotatable bonds is 5. The lowest BCUT2D eigenvalue weighted by molar-refractivity contribution is 0.130. The van der Waals surface area contributed by atoms with Gasteiger partial charge in [-0.05, 0) is 45.3 Å². The molecule has 2 fully saturated rings. The van der Waals surface area contributed by atoms with Crippen molar-refractivity contribution in [2.75, 3.05) is 46.3 Å². The van der Waals surface area contributed by atoms with Crippen molar-refractivity contribution in [1.29, 1.82) is 0 Å². The van der Waals surface area contributed by atoms with Gasteiger partial charge in [0.05, 0.1) is 0 Å². The Labute approximate surface area is 107 Å². The summed E-state index contributed by atoms with van der Waals surface area (Å²) in [6.07, 6.45) is 5.67. The second-order valence-electron chi connectivity index (χ2n) is 5.65. The third-order valence-corrected chi connectivity index (χ3v) is 4.76. The third kappa shape index (κ3) is 3.67. The Balaban J connectivity index is 1.65. The average molecular weight is 239 g/mol. The Morgan fingerprint density at radius 1 is 1.06 bits per heavy atom. The molecule has 0 amide bonds. The quantitative estimate of drug-likeness (QED) is 0.782. The van der Waals surface area contributed by atoms with E-state index in [9.17, 15) is 0 Å². The van der Waals surface area contributed by atoms with Gasteiger partial charge in [-0.1, -0.05) is 13.3 Å². The first-order valence-corrected chi connectivity index (χ1v) is 7.45. The van der Waals surface area contributed by atoms with Gasteiger partial charge in [-0.2, -0.15) is 0 Å². The monoisotopic (exact) mass is 239 g/mol. The van der Waals surface area contributed by atoms with Crippen LogP contribution in [0.5, 0.6) is 0 Å². The van der Waals surface area contributed by atoms with E-state index in [0.717, 1.165) is 12.0 Å². The van der Waals surface area contributed by atoms with E-state index in [1.54, 1.807) is 0 Å². The maximum Gasteiger partial charge on any atom is 0.0110 e. The molecule has 3 nitrogen and oxygen atoms in total. The summed E-state index contributed by atoms with van der Waals surface area (Å²) in [5.41, 5.74) is 0. The fourth-order valence-electron chi connectivity index (χ4n) is 3.44. The fraction of sp³-hybridized carbons (Fsp3) is 1.00. The maximum atomic E-state index is 3.49. The van der Waals surface area contributed by atoms with E-state index in [2.05, 4.69) is 29.1 Å². The molecule has 1 aliphatic carbocycles. The zero-order valence-electron chi connectivity index (χ0n) is 11.6. The van der Waals surface area contributed by atoms with Crippen molar-refractivity contribution in [3.8, 4) is 0 Å². The van der Waals surface area contributed by atoms with E-state index in [4.69, 9.17) is 0 Å². The molecule has 2 unspecified atom stereocenters. The van der Waals surface area contributed by atoms with Gasteiger partial charge in [0.2, 0.25) is 0 Å². The summed E-state index contributed by atoms with van der Waals surface area (Å²) in [6.45, 7) is 9.92. The average Bonchev–Trinajstić information content (AvgIpc) is 2.84. The highest BCUT2D eigenvalue weighted by molar-refractivity contribution is 4.83. The van der Waals surface area contributed by atoms with Gasteiger partial charge in [0.1, 0.15) is 0 Å². The minimum Gasteiger partial charge on any atom is -0.317 e. The number of piperazine rings is 1. The predicted molar refractivity (Wildman–Crippen MR) is 73.4 cm³/mol. The Kier molecular flexibility index (Phi) is 5.26. The molecule has 1 N–H and O–H groups in total. The Morgan fingerprint density at radius 2 is 1.76 bits per heavy atom. The van der Waals surface area contributed by atoms with Crippen LogP contribution in [0.4, 0.5) is 0 Å². The van der Waals surface area contributed by atoms with Crippen molar-refractivity contribution in [2.45, 2.75) is 38.6 Å². The molecule has 0 spiro atoms. The molecule has 1 heterocycles. The highest BCUT2D eigenvalue weighted by Gasteiger charge is 2.26. The van der Waals surface area contributed by atoms with Crippen LogP contribution in [0.15, 0.2) is 0 Å². The molecule has 100 valence electrons. The minimum absolute atomic E-state index is 0.798. The molecule has 0 aromatic carbocycles. The third-order valence-electron chi connectivity index (χ3n) is 4.76. The highest BCUT2D eigenvalue weighted by Crippen LogP contribution is 2.28. The molecule has 1 aliphatic heterocycles. The van der Waals surface area contributed by atoms with Gasteiger partial charge in [-0.3, -0.25) is 0 Å². The predicted octanol–water partition coefficient (Wildman–Crippen LogP) is 1.40. The van der Waals surface area contributed by atoms with E-state index in [0.29, 0.717) is 0 Å². The molecule has 0 aromatic rings. The summed E-state index contributed by atoms with van der Waals surface area (Å²) >= 11 is 0. The first-order valence-electron chi connectivity index (χ1n) is 7.45. The van der Waals surface area contributed by atoms with E-state index in [-0.39, 0.29) is 0 Å². The van der Waals surface area contributed by atoms with Gasteiger partial charge in [-0.15, -0.1) is 0 Å². The molecule has 3 heteroatoms. The lowest BCUT2D eigenvalue weighted by Crippen LogP contribution is -2.46. The van der Waals surface area contributed by atoms with Gasteiger partial charge < -0.3 is 15.1 Å². The molecule has 1 saturated heterocycles. The zero-order chi connectivity index (χ0) is 12.1. The second kappa shape index (κ2) is 6.72. The lowest BCUT2D eigenvalue weighted by atomic mass is 9.99. The highest BCUT2D eigenvalue weighted by atomic mass is 15.3. The summed E-state index contributed by atoms with van der Waals surface area (Å²) in [5.74, 6) is 0.934. The summed E-state index contributed by atoms with van der Waals surface area (Å²) < 4.78 is 0. The van der Waals surface area contributed by atoms with Crippen LogP contribution >= 0.6 is 0 Å². The summed E-state index contributed by atoms with van der Waals surface area (Å²) in [5, 5.41) is 3.49. The number of hydrogen-bond acceptors (Lipinski definition) is 3. The molecule has 0 bridgehead atoms. The van der Waals surface area contributed by atoms with Crippen molar-refractivity contribution in [3.63, 3.8) is 0 Å². The van der Waals surface area contributed by atoms with E-state index in [1.165, 1.54) is 65.0 Å². The van der Waals surface area contributed by atoms with E-state index in [1.807, 2.05) is 0 Å². The number of nitrogens with zero attached hydrogens (tertiary/aromatic N) is 2. The fourth-order valence-corrected chi connectivity index (χ4v) is 3.44. The number of nitrogens with one attached hydrogen (secondary N) is 1. The number of likely N-dealkylation sites (N-methyl/N-ethyl adjacent to an activating group) is 1. The van der Waals surface area contributed by atoms with Gasteiger partial charge in [-0.25, -0.2) is 0 Å². The normalized spacial score (nSPS) is 32.1. The first kappa shape index (κ1) is 13.3. The molecule has 0 aromatic heterocycles. The summed E-state index contributed by atoms with van der Waals surface area (Å²) in [6, 6.07) is 0.798. The summed E-state index contributed by atoms with van der Waals surface area (Å²) in [4.78, 5) is 5.22. The Morgan fingerprint density at radius 3 is 2.41 bits per heavy atom. The topological polar surface area (TPSA) is 18.5 Å². The zero-order valence-corrected chi connectivity index (χ0v) is 11.6. The molecular formula is C14H29N3. The van der Waals surface area contributed by atoms with Crippen LogP contribution in [0.3, 0.4) is 0 Å². The largest absolute Gasteiger partial charge is 0.317 e. The van der Waals surface area contributed by atoms with Crippen molar-refractivity contribution >= 4 is 0 Å². The number of hydrogen-bond donors (Lipinski definition) is 1. The smallest absolute Gasteiger partial charge is 0.0110 e. The molecule has 0 radical (unpaired) electrons. The van der Waals surface area contributed by atoms with Gasteiger partial charge in [0, 0.05) is 32.2 Å². The Hall–Kier alpha value is -0.120. The van der Waals surface area contributed by atoms with Crippen molar-refractivity contribution < 1.29 is 0 Å². The Bertz CT molecular complexity index is 212. The van der Waals surface area contributed by atoms with Crippen LogP contribution in [-0.4, -0.2) is 62.2 Å². The van der Waals surface area contributed by atoms with Crippen molar-refractivity contribution in [3.05, 3.63) is 0 Å².